The fourth-order valence-electron chi connectivity index (χ4n) is 4.36. The highest BCUT2D eigenvalue weighted by molar-refractivity contribution is 6.30. The zero-order valence-corrected chi connectivity index (χ0v) is 24.0. The smallest absolute Gasteiger partial charge is 0.411 e. The first kappa shape index (κ1) is 29.7. The van der Waals surface area contributed by atoms with E-state index >= 15 is 0 Å². The number of amides is 2. The van der Waals surface area contributed by atoms with Crippen LogP contribution in [-0.4, -0.2) is 49.5 Å². The van der Waals surface area contributed by atoms with E-state index in [1.165, 1.54) is 24.2 Å². The van der Waals surface area contributed by atoms with Crippen LogP contribution in [0.5, 0.6) is 0 Å². The van der Waals surface area contributed by atoms with E-state index in [0.29, 0.717) is 50.9 Å². The minimum Gasteiger partial charge on any atom is -0.453 e. The number of tetrazole rings is 1. The van der Waals surface area contributed by atoms with Gasteiger partial charge < -0.3 is 15.8 Å². The van der Waals surface area contributed by atoms with Crippen LogP contribution in [0.4, 0.5) is 16.2 Å². The molecule has 0 bridgehead atoms. The number of rotatable bonds is 9. The molecular formula is C30H26ClN9O4. The van der Waals surface area contributed by atoms with Crippen molar-refractivity contribution in [2.75, 3.05) is 18.2 Å². The number of halogens is 1. The number of anilines is 2. The Bertz CT molecular complexity index is 1860. The molecule has 1 unspecified atom stereocenters. The Kier molecular flexibility index (Phi) is 9.06. The zero-order valence-electron chi connectivity index (χ0n) is 23.3. The normalized spacial score (nSPS) is 11.7. The molecule has 5 N–H and O–H groups in total. The van der Waals surface area contributed by atoms with Gasteiger partial charge in [-0.15, -0.1) is 5.10 Å². The Morgan fingerprint density at radius 2 is 1.86 bits per heavy atom. The molecule has 44 heavy (non-hydrogen) atoms. The van der Waals surface area contributed by atoms with Gasteiger partial charge in [-0.1, -0.05) is 35.9 Å². The number of methoxy groups -OCH3 is 1. The second-order valence-electron chi connectivity index (χ2n) is 9.53. The number of aromatic nitrogens is 6. The van der Waals surface area contributed by atoms with Gasteiger partial charge >= 0.3 is 6.09 Å². The summed E-state index contributed by atoms with van der Waals surface area (Å²) in [6.07, 6.45) is 4.15. The van der Waals surface area contributed by atoms with Gasteiger partial charge in [-0.2, -0.15) is 9.78 Å². The molecule has 0 saturated heterocycles. The Hall–Kier alpha value is -5.82. The summed E-state index contributed by atoms with van der Waals surface area (Å²) < 4.78 is 6.07. The molecule has 14 heteroatoms. The first-order valence-electron chi connectivity index (χ1n) is 13.2. The molecule has 0 saturated carbocycles. The lowest BCUT2D eigenvalue weighted by molar-refractivity contribution is -0.117. The number of hydrogen-bond acceptors (Lipinski definition) is 9. The second-order valence-corrected chi connectivity index (χ2v) is 9.96. The topological polar surface area (TPSA) is 183 Å². The average molecular weight is 612 g/mol. The first-order valence-corrected chi connectivity index (χ1v) is 13.6. The fraction of sp³-hybridized carbons (Fsp3) is 0.100. The number of nitrogen functional groups attached to an aromatic ring is 1. The van der Waals surface area contributed by atoms with E-state index in [-0.39, 0.29) is 0 Å². The van der Waals surface area contributed by atoms with Crippen LogP contribution in [0.2, 0.25) is 5.02 Å². The van der Waals surface area contributed by atoms with Crippen LogP contribution in [0.25, 0.3) is 22.9 Å². The molecule has 2 heterocycles. The van der Waals surface area contributed by atoms with Gasteiger partial charge in [0.2, 0.25) is 5.91 Å². The highest BCUT2D eigenvalue weighted by atomic mass is 35.5. The van der Waals surface area contributed by atoms with Crippen molar-refractivity contribution in [1.29, 1.82) is 0 Å². The van der Waals surface area contributed by atoms with Gasteiger partial charge in [0, 0.05) is 28.0 Å². The number of nitrogens with two attached hydrogens (primary N) is 1. The molecule has 0 aliphatic rings. The standard InChI is InChI=1S/C30H26ClN9O4/c1-44-30(43)34-23-10-4-19(5-11-23)24-16-26(36-37-29(24)42)25(14-18-2-8-22(32)9-3-18)35-28(41)13-6-20-15-21(31)7-12-27(20)40-17-33-38-39-40/h2-13,15-17,25H,14,32H2,1H3,(H,34,43)(H,35,41)(H,37,42). The molecular weight excluding hydrogens is 586 g/mol. The van der Waals surface area contributed by atoms with E-state index in [0.717, 1.165) is 5.56 Å². The zero-order chi connectivity index (χ0) is 31.1. The van der Waals surface area contributed by atoms with Crippen molar-refractivity contribution in [3.63, 3.8) is 0 Å². The summed E-state index contributed by atoms with van der Waals surface area (Å²) in [7, 11) is 1.27. The highest BCUT2D eigenvalue weighted by Gasteiger charge is 2.19. The SMILES string of the molecule is COC(=O)Nc1ccc(-c2cc(C(Cc3ccc(N)cc3)NC(=O)C=Cc3cc(Cl)ccc3-n3cnnn3)n[nH]c2=O)cc1. The third-order valence-electron chi connectivity index (χ3n) is 6.54. The minimum absolute atomic E-state index is 0.330. The lowest BCUT2D eigenvalue weighted by Crippen LogP contribution is -2.30. The van der Waals surface area contributed by atoms with Crippen LogP contribution in [0.3, 0.4) is 0 Å². The van der Waals surface area contributed by atoms with Crippen LogP contribution >= 0.6 is 11.6 Å². The summed E-state index contributed by atoms with van der Waals surface area (Å²) in [6.45, 7) is 0. The van der Waals surface area contributed by atoms with E-state index in [4.69, 9.17) is 17.3 Å². The van der Waals surface area contributed by atoms with Crippen molar-refractivity contribution in [1.82, 2.24) is 35.7 Å². The van der Waals surface area contributed by atoms with Crippen LogP contribution < -0.4 is 21.9 Å². The molecule has 0 spiro atoms. The van der Waals surface area contributed by atoms with Crippen LogP contribution in [0.15, 0.2) is 90.0 Å². The Morgan fingerprint density at radius 3 is 2.57 bits per heavy atom. The lowest BCUT2D eigenvalue weighted by Gasteiger charge is -2.18. The molecule has 0 radical (unpaired) electrons. The second kappa shape index (κ2) is 13.4. The van der Waals surface area contributed by atoms with Gasteiger partial charge in [-0.3, -0.25) is 14.9 Å². The maximum absolute atomic E-state index is 13.3. The molecule has 1 atom stereocenters. The molecule has 2 amide bonds. The summed E-state index contributed by atoms with van der Waals surface area (Å²) in [5, 5.41) is 24.1. The van der Waals surface area contributed by atoms with Crippen LogP contribution in [-0.2, 0) is 16.0 Å². The summed E-state index contributed by atoms with van der Waals surface area (Å²) in [5.41, 5.74) is 10.0. The van der Waals surface area contributed by atoms with Crippen molar-refractivity contribution in [2.45, 2.75) is 12.5 Å². The van der Waals surface area contributed by atoms with Crippen molar-refractivity contribution in [3.05, 3.63) is 117 Å². The third kappa shape index (κ3) is 7.33. The molecule has 3 aromatic carbocycles. The summed E-state index contributed by atoms with van der Waals surface area (Å²) in [5.74, 6) is -0.416. The summed E-state index contributed by atoms with van der Waals surface area (Å²) in [4.78, 5) is 37.6. The van der Waals surface area contributed by atoms with E-state index in [9.17, 15) is 14.4 Å². The maximum Gasteiger partial charge on any atom is 0.411 e. The number of carbonyl (C=O) groups excluding carboxylic acids is 2. The molecule has 5 aromatic rings. The molecule has 0 aliphatic heterocycles. The average Bonchev–Trinajstić information content (AvgIpc) is 3.56. The van der Waals surface area contributed by atoms with Gasteiger partial charge in [0.15, 0.2) is 0 Å². The number of benzene rings is 3. The predicted octanol–water partition coefficient (Wildman–Crippen LogP) is 3.94. The third-order valence-corrected chi connectivity index (χ3v) is 6.78. The Balaban J connectivity index is 1.43. The fourth-order valence-corrected chi connectivity index (χ4v) is 4.54. The van der Waals surface area contributed by atoms with Gasteiger partial charge in [0.1, 0.15) is 6.33 Å². The minimum atomic E-state index is -0.634. The van der Waals surface area contributed by atoms with E-state index < -0.39 is 23.6 Å². The van der Waals surface area contributed by atoms with Crippen molar-refractivity contribution < 1.29 is 14.3 Å². The largest absolute Gasteiger partial charge is 0.453 e. The van der Waals surface area contributed by atoms with Crippen LogP contribution in [0.1, 0.15) is 22.9 Å². The Morgan fingerprint density at radius 1 is 1.09 bits per heavy atom. The van der Waals surface area contributed by atoms with Gasteiger partial charge in [-0.05, 0) is 82.6 Å². The van der Waals surface area contributed by atoms with Crippen molar-refractivity contribution in [3.8, 4) is 16.8 Å². The number of aromatic amines is 1. The molecule has 0 aliphatic carbocycles. The van der Waals surface area contributed by atoms with E-state index in [1.807, 2.05) is 12.1 Å². The highest BCUT2D eigenvalue weighted by Crippen LogP contribution is 2.24. The predicted molar refractivity (Wildman–Crippen MR) is 165 cm³/mol. The molecule has 2 aromatic heterocycles. The van der Waals surface area contributed by atoms with E-state index in [1.54, 1.807) is 66.7 Å². The first-order chi connectivity index (χ1) is 21.3. The molecule has 5 rings (SSSR count). The molecule has 0 fully saturated rings. The monoisotopic (exact) mass is 611 g/mol. The number of hydrogen-bond donors (Lipinski definition) is 4. The van der Waals surface area contributed by atoms with Gasteiger partial charge in [0.25, 0.3) is 5.56 Å². The number of nitrogens with zero attached hydrogens (tertiary/aromatic N) is 5. The maximum atomic E-state index is 13.3. The molecule has 222 valence electrons. The van der Waals surface area contributed by atoms with Crippen LogP contribution in [0, 0.1) is 0 Å². The molecule has 13 nitrogen and oxygen atoms in total. The van der Waals surface area contributed by atoms with Gasteiger partial charge in [-0.25, -0.2) is 9.89 Å². The Labute approximate surface area is 255 Å². The van der Waals surface area contributed by atoms with Gasteiger partial charge in [0.05, 0.1) is 30.1 Å². The van der Waals surface area contributed by atoms with E-state index in [2.05, 4.69) is 41.1 Å². The lowest BCUT2D eigenvalue weighted by atomic mass is 10.00. The number of ether oxygens (including phenoxy) is 1. The quantitative estimate of drug-likeness (QED) is 0.142. The number of carbonyl (C=O) groups is 2. The van der Waals surface area contributed by atoms with Crippen molar-refractivity contribution >= 4 is 41.1 Å². The number of nitrogens with one attached hydrogen (secondary N) is 3. The summed E-state index contributed by atoms with van der Waals surface area (Å²) in [6, 6.07) is 20.0. The van der Waals surface area contributed by atoms with Crippen molar-refractivity contribution in [2.24, 2.45) is 0 Å². The number of H-pyrrole nitrogens is 1. The summed E-state index contributed by atoms with van der Waals surface area (Å²) >= 11 is 6.21.